The molecule has 2 heterocycles. The molecular weight excluding hydrogens is 366 g/mol. The second kappa shape index (κ2) is 8.17. The second-order valence-electron chi connectivity index (χ2n) is 7.52. The molecule has 0 unspecified atom stereocenters. The summed E-state index contributed by atoms with van der Waals surface area (Å²) in [4.78, 5) is 20.5. The standard InChI is InChI=1S/C23H27N3O3/c1-16-4-6-20-17(12-16)14-21(24-20)23(27)26-10-8-25(9-11-26)15-18-13-19(28-2)5-7-22(18)29-3/h4-7,12-14,24H,8-11,15H2,1-3H3. The van der Waals surface area contributed by atoms with Crippen molar-refractivity contribution in [2.24, 2.45) is 0 Å². The summed E-state index contributed by atoms with van der Waals surface area (Å²) in [7, 11) is 3.35. The summed E-state index contributed by atoms with van der Waals surface area (Å²) in [6, 6.07) is 14.0. The molecule has 6 heteroatoms. The molecule has 0 bridgehead atoms. The zero-order valence-corrected chi connectivity index (χ0v) is 17.2. The van der Waals surface area contributed by atoms with Gasteiger partial charge in [-0.2, -0.15) is 0 Å². The summed E-state index contributed by atoms with van der Waals surface area (Å²) in [5.74, 6) is 1.75. The van der Waals surface area contributed by atoms with Gasteiger partial charge in [-0.15, -0.1) is 0 Å². The molecule has 0 aliphatic carbocycles. The van der Waals surface area contributed by atoms with E-state index in [1.165, 1.54) is 5.56 Å². The Hall–Kier alpha value is -2.99. The van der Waals surface area contributed by atoms with Crippen molar-refractivity contribution in [1.29, 1.82) is 0 Å². The van der Waals surface area contributed by atoms with E-state index in [4.69, 9.17) is 9.47 Å². The fraction of sp³-hybridized carbons (Fsp3) is 0.348. The number of H-pyrrole nitrogens is 1. The number of methoxy groups -OCH3 is 2. The van der Waals surface area contributed by atoms with Crippen molar-refractivity contribution >= 4 is 16.8 Å². The van der Waals surface area contributed by atoms with E-state index in [1.807, 2.05) is 35.2 Å². The van der Waals surface area contributed by atoms with Gasteiger partial charge in [0.1, 0.15) is 17.2 Å². The van der Waals surface area contributed by atoms with Crippen LogP contribution in [0.15, 0.2) is 42.5 Å². The van der Waals surface area contributed by atoms with Crippen molar-refractivity contribution in [1.82, 2.24) is 14.8 Å². The first-order valence-corrected chi connectivity index (χ1v) is 9.89. The Morgan fingerprint density at radius 1 is 1.00 bits per heavy atom. The molecule has 1 amide bonds. The third-order valence-corrected chi connectivity index (χ3v) is 5.55. The third-order valence-electron chi connectivity index (χ3n) is 5.55. The molecule has 0 spiro atoms. The molecule has 1 N–H and O–H groups in total. The maximum absolute atomic E-state index is 12.9. The molecule has 4 rings (SSSR count). The number of hydrogen-bond acceptors (Lipinski definition) is 4. The third kappa shape index (κ3) is 4.07. The number of ether oxygens (including phenoxy) is 2. The summed E-state index contributed by atoms with van der Waals surface area (Å²) in [6.45, 7) is 5.90. The van der Waals surface area contributed by atoms with Gasteiger partial charge in [-0.1, -0.05) is 11.6 Å². The SMILES string of the molecule is COc1ccc(OC)c(CN2CCN(C(=O)c3cc4cc(C)ccc4[nH]3)CC2)c1. The lowest BCUT2D eigenvalue weighted by molar-refractivity contribution is 0.0622. The van der Waals surface area contributed by atoms with Gasteiger partial charge in [-0.3, -0.25) is 9.69 Å². The largest absolute Gasteiger partial charge is 0.497 e. The van der Waals surface area contributed by atoms with Gasteiger partial charge in [0.2, 0.25) is 0 Å². The Morgan fingerprint density at radius 3 is 2.52 bits per heavy atom. The average Bonchev–Trinajstić information content (AvgIpc) is 3.17. The second-order valence-corrected chi connectivity index (χ2v) is 7.52. The number of carbonyl (C=O) groups excluding carboxylic acids is 1. The van der Waals surface area contributed by atoms with Crippen molar-refractivity contribution in [3.63, 3.8) is 0 Å². The quantitative estimate of drug-likeness (QED) is 0.721. The molecule has 152 valence electrons. The highest BCUT2D eigenvalue weighted by Gasteiger charge is 2.24. The van der Waals surface area contributed by atoms with Gasteiger partial charge in [-0.25, -0.2) is 0 Å². The molecule has 1 aliphatic rings. The van der Waals surface area contributed by atoms with Gasteiger partial charge in [0.05, 0.1) is 14.2 Å². The van der Waals surface area contributed by atoms with Crippen LogP contribution in [0.3, 0.4) is 0 Å². The van der Waals surface area contributed by atoms with Gasteiger partial charge in [0.15, 0.2) is 0 Å². The maximum atomic E-state index is 12.9. The van der Waals surface area contributed by atoms with Gasteiger partial charge >= 0.3 is 0 Å². The fourth-order valence-electron chi connectivity index (χ4n) is 3.89. The van der Waals surface area contributed by atoms with E-state index < -0.39 is 0 Å². The molecule has 29 heavy (non-hydrogen) atoms. The van der Waals surface area contributed by atoms with Crippen molar-refractivity contribution < 1.29 is 14.3 Å². The number of aromatic nitrogens is 1. The fourth-order valence-corrected chi connectivity index (χ4v) is 3.89. The minimum absolute atomic E-state index is 0.0671. The number of rotatable bonds is 5. The lowest BCUT2D eigenvalue weighted by Crippen LogP contribution is -2.48. The van der Waals surface area contributed by atoms with Crippen LogP contribution in [0.2, 0.25) is 0 Å². The van der Waals surface area contributed by atoms with Crippen LogP contribution < -0.4 is 9.47 Å². The number of carbonyl (C=O) groups is 1. The number of piperazine rings is 1. The number of hydrogen-bond donors (Lipinski definition) is 1. The highest BCUT2D eigenvalue weighted by Crippen LogP contribution is 2.26. The molecule has 1 aromatic heterocycles. The van der Waals surface area contributed by atoms with Gasteiger partial charge < -0.3 is 19.4 Å². The number of nitrogens with one attached hydrogen (secondary N) is 1. The molecule has 0 atom stereocenters. The van der Waals surface area contributed by atoms with E-state index in [0.29, 0.717) is 18.8 Å². The first kappa shape index (κ1) is 19.3. The van der Waals surface area contributed by atoms with E-state index in [0.717, 1.165) is 47.6 Å². The number of aromatic amines is 1. The molecule has 1 fully saturated rings. The average molecular weight is 393 g/mol. The lowest BCUT2D eigenvalue weighted by Gasteiger charge is -2.34. The van der Waals surface area contributed by atoms with Gasteiger partial charge in [-0.05, 0) is 43.3 Å². The molecule has 1 aliphatic heterocycles. The van der Waals surface area contributed by atoms with E-state index in [9.17, 15) is 4.79 Å². The lowest BCUT2D eigenvalue weighted by atomic mass is 10.1. The smallest absolute Gasteiger partial charge is 0.270 e. The van der Waals surface area contributed by atoms with Crippen molar-refractivity contribution in [3.8, 4) is 11.5 Å². The molecule has 1 saturated heterocycles. The van der Waals surface area contributed by atoms with Crippen molar-refractivity contribution in [2.75, 3.05) is 40.4 Å². The Labute approximate surface area is 171 Å². The number of aryl methyl sites for hydroxylation is 1. The maximum Gasteiger partial charge on any atom is 0.270 e. The molecule has 0 saturated carbocycles. The molecule has 2 aromatic carbocycles. The first-order valence-electron chi connectivity index (χ1n) is 9.89. The van der Waals surface area contributed by atoms with Crippen LogP contribution in [0.4, 0.5) is 0 Å². The van der Waals surface area contributed by atoms with Crippen LogP contribution >= 0.6 is 0 Å². The number of amides is 1. The summed E-state index contributed by atoms with van der Waals surface area (Å²) in [6.07, 6.45) is 0. The van der Waals surface area contributed by atoms with Crippen LogP contribution in [0.5, 0.6) is 11.5 Å². The van der Waals surface area contributed by atoms with Crippen LogP contribution in [0.25, 0.3) is 10.9 Å². The van der Waals surface area contributed by atoms with E-state index in [2.05, 4.69) is 28.9 Å². The predicted octanol–water partition coefficient (Wildman–Crippen LogP) is 3.45. The van der Waals surface area contributed by atoms with E-state index in [1.54, 1.807) is 14.2 Å². The zero-order valence-electron chi connectivity index (χ0n) is 17.2. The van der Waals surface area contributed by atoms with Crippen molar-refractivity contribution in [3.05, 3.63) is 59.3 Å². The first-order chi connectivity index (χ1) is 14.1. The van der Waals surface area contributed by atoms with Gasteiger partial charge in [0, 0.05) is 49.2 Å². The van der Waals surface area contributed by atoms with Crippen molar-refractivity contribution in [2.45, 2.75) is 13.5 Å². The normalized spacial score (nSPS) is 14.9. The Kier molecular flexibility index (Phi) is 5.45. The molecule has 3 aromatic rings. The molecule has 0 radical (unpaired) electrons. The highest BCUT2D eigenvalue weighted by atomic mass is 16.5. The molecule has 6 nitrogen and oxygen atoms in total. The number of nitrogens with zero attached hydrogens (tertiary/aromatic N) is 2. The summed E-state index contributed by atoms with van der Waals surface area (Å²) in [5, 5.41) is 1.08. The zero-order chi connectivity index (χ0) is 20.4. The topological polar surface area (TPSA) is 57.8 Å². The minimum Gasteiger partial charge on any atom is -0.497 e. The van der Waals surface area contributed by atoms with Gasteiger partial charge in [0.25, 0.3) is 5.91 Å². The van der Waals surface area contributed by atoms with E-state index in [-0.39, 0.29) is 5.91 Å². The number of fused-ring (bicyclic) bond motifs is 1. The van der Waals surface area contributed by atoms with Crippen LogP contribution in [0.1, 0.15) is 21.6 Å². The van der Waals surface area contributed by atoms with Crippen LogP contribution in [-0.4, -0.2) is 61.1 Å². The minimum atomic E-state index is 0.0671. The number of benzene rings is 2. The summed E-state index contributed by atoms with van der Waals surface area (Å²) < 4.78 is 10.8. The van der Waals surface area contributed by atoms with Crippen LogP contribution in [0, 0.1) is 6.92 Å². The Morgan fingerprint density at radius 2 is 1.79 bits per heavy atom. The Bertz CT molecular complexity index is 1020. The van der Waals surface area contributed by atoms with Crippen LogP contribution in [-0.2, 0) is 6.54 Å². The summed E-state index contributed by atoms with van der Waals surface area (Å²) in [5.41, 5.74) is 3.95. The highest BCUT2D eigenvalue weighted by molar-refractivity contribution is 5.98. The monoisotopic (exact) mass is 393 g/mol. The van der Waals surface area contributed by atoms with E-state index >= 15 is 0 Å². The predicted molar refractivity (Wildman–Crippen MR) is 114 cm³/mol. The Balaban J connectivity index is 1.40. The molecular formula is C23H27N3O3. The summed E-state index contributed by atoms with van der Waals surface area (Å²) >= 11 is 0.